The van der Waals surface area contributed by atoms with E-state index in [1.807, 2.05) is 26.8 Å². The van der Waals surface area contributed by atoms with Gasteiger partial charge >= 0.3 is 0 Å². The first-order chi connectivity index (χ1) is 8.98. The van der Waals surface area contributed by atoms with Gasteiger partial charge in [-0.2, -0.15) is 0 Å². The topological polar surface area (TPSA) is 29.5 Å². The molecule has 1 aromatic rings. The SMILES string of the molecule is CC(C)(C)C(=O)N(Cc1cccs1)C1CCOCC1. The van der Waals surface area contributed by atoms with Gasteiger partial charge in [0.05, 0.1) is 6.54 Å². The van der Waals surface area contributed by atoms with Crippen LogP contribution in [0.3, 0.4) is 0 Å². The van der Waals surface area contributed by atoms with Crippen LogP contribution in [0.25, 0.3) is 0 Å². The molecule has 2 heterocycles. The Morgan fingerprint density at radius 1 is 1.42 bits per heavy atom. The fourth-order valence-corrected chi connectivity index (χ4v) is 3.07. The van der Waals surface area contributed by atoms with Crippen LogP contribution in [0.4, 0.5) is 0 Å². The lowest BCUT2D eigenvalue weighted by atomic mass is 9.92. The first-order valence-corrected chi connectivity index (χ1v) is 7.77. The molecule has 19 heavy (non-hydrogen) atoms. The zero-order valence-corrected chi connectivity index (χ0v) is 12.8. The second-order valence-corrected chi connectivity index (χ2v) is 7.14. The summed E-state index contributed by atoms with van der Waals surface area (Å²) in [5, 5.41) is 2.07. The average Bonchev–Trinajstić information content (AvgIpc) is 2.88. The molecule has 1 aliphatic heterocycles. The number of carbonyl (C=O) groups is 1. The van der Waals surface area contributed by atoms with E-state index >= 15 is 0 Å². The Morgan fingerprint density at radius 2 is 2.11 bits per heavy atom. The minimum Gasteiger partial charge on any atom is -0.381 e. The van der Waals surface area contributed by atoms with Crippen molar-refractivity contribution >= 4 is 17.2 Å². The predicted octanol–water partition coefficient (Wildman–Crippen LogP) is 3.30. The van der Waals surface area contributed by atoms with Gasteiger partial charge < -0.3 is 9.64 Å². The molecule has 1 saturated heterocycles. The molecule has 0 saturated carbocycles. The van der Waals surface area contributed by atoms with Gasteiger partial charge in [0.15, 0.2) is 0 Å². The fourth-order valence-electron chi connectivity index (χ4n) is 2.36. The van der Waals surface area contributed by atoms with Gasteiger partial charge in [0.1, 0.15) is 0 Å². The molecule has 1 fully saturated rings. The van der Waals surface area contributed by atoms with Crippen molar-refractivity contribution in [2.24, 2.45) is 5.41 Å². The van der Waals surface area contributed by atoms with E-state index in [0.717, 1.165) is 32.6 Å². The molecule has 4 heteroatoms. The Labute approximate surface area is 119 Å². The molecule has 1 amide bonds. The zero-order valence-electron chi connectivity index (χ0n) is 12.0. The molecule has 0 radical (unpaired) electrons. The molecule has 0 aromatic carbocycles. The maximum Gasteiger partial charge on any atom is 0.228 e. The van der Waals surface area contributed by atoms with Crippen molar-refractivity contribution in [1.29, 1.82) is 0 Å². The first-order valence-electron chi connectivity index (χ1n) is 6.89. The van der Waals surface area contributed by atoms with Gasteiger partial charge in [-0.1, -0.05) is 26.8 Å². The molecule has 106 valence electrons. The summed E-state index contributed by atoms with van der Waals surface area (Å²) in [6, 6.07) is 4.47. The quantitative estimate of drug-likeness (QED) is 0.850. The van der Waals surface area contributed by atoms with Crippen molar-refractivity contribution in [2.75, 3.05) is 13.2 Å². The van der Waals surface area contributed by atoms with Gasteiger partial charge in [0.2, 0.25) is 5.91 Å². The maximum atomic E-state index is 12.7. The smallest absolute Gasteiger partial charge is 0.228 e. The van der Waals surface area contributed by atoms with Crippen molar-refractivity contribution in [1.82, 2.24) is 4.90 Å². The molecule has 1 aromatic heterocycles. The summed E-state index contributed by atoms with van der Waals surface area (Å²) in [4.78, 5) is 16.0. The number of hydrogen-bond donors (Lipinski definition) is 0. The minimum atomic E-state index is -0.324. The fraction of sp³-hybridized carbons (Fsp3) is 0.667. The normalized spacial score (nSPS) is 17.4. The van der Waals surface area contributed by atoms with Crippen molar-refractivity contribution in [3.8, 4) is 0 Å². The summed E-state index contributed by atoms with van der Waals surface area (Å²) >= 11 is 1.72. The molecule has 0 atom stereocenters. The van der Waals surface area contributed by atoms with Crippen molar-refractivity contribution < 1.29 is 9.53 Å². The first kappa shape index (κ1) is 14.5. The Kier molecular flexibility index (Phi) is 4.63. The molecular formula is C15H23NO2S. The summed E-state index contributed by atoms with van der Waals surface area (Å²) in [7, 11) is 0. The monoisotopic (exact) mass is 281 g/mol. The number of carbonyl (C=O) groups excluding carboxylic acids is 1. The van der Waals surface area contributed by atoms with Crippen LogP contribution < -0.4 is 0 Å². The Balaban J connectivity index is 2.14. The van der Waals surface area contributed by atoms with Crippen molar-refractivity contribution in [3.05, 3.63) is 22.4 Å². The lowest BCUT2D eigenvalue weighted by Crippen LogP contribution is -2.47. The average molecular weight is 281 g/mol. The van der Waals surface area contributed by atoms with E-state index in [2.05, 4.69) is 16.3 Å². The summed E-state index contributed by atoms with van der Waals surface area (Å²) < 4.78 is 5.42. The molecule has 3 nitrogen and oxygen atoms in total. The number of hydrogen-bond acceptors (Lipinski definition) is 3. The third-order valence-corrected chi connectivity index (χ3v) is 4.30. The van der Waals surface area contributed by atoms with Crippen LogP contribution in [0.1, 0.15) is 38.5 Å². The van der Waals surface area contributed by atoms with Crippen LogP contribution in [0.2, 0.25) is 0 Å². The largest absolute Gasteiger partial charge is 0.381 e. The van der Waals surface area contributed by atoms with Gasteiger partial charge in [0.25, 0.3) is 0 Å². The predicted molar refractivity (Wildman–Crippen MR) is 78.2 cm³/mol. The highest BCUT2D eigenvalue weighted by atomic mass is 32.1. The summed E-state index contributed by atoms with van der Waals surface area (Å²) in [6.07, 6.45) is 1.90. The second-order valence-electron chi connectivity index (χ2n) is 6.11. The van der Waals surface area contributed by atoms with Gasteiger partial charge in [-0.05, 0) is 24.3 Å². The molecule has 0 unspecified atom stereocenters. The van der Waals surface area contributed by atoms with Crippen LogP contribution in [-0.2, 0) is 16.1 Å². The van der Waals surface area contributed by atoms with E-state index in [-0.39, 0.29) is 11.3 Å². The second kappa shape index (κ2) is 6.06. The van der Waals surface area contributed by atoms with E-state index in [0.29, 0.717) is 6.04 Å². The highest BCUT2D eigenvalue weighted by molar-refractivity contribution is 7.09. The molecular weight excluding hydrogens is 258 g/mol. The standard InChI is InChI=1S/C15H23NO2S/c1-15(2,3)14(17)16(11-13-5-4-10-19-13)12-6-8-18-9-7-12/h4-5,10,12H,6-9,11H2,1-3H3. The van der Waals surface area contributed by atoms with Crippen molar-refractivity contribution in [3.63, 3.8) is 0 Å². The summed E-state index contributed by atoms with van der Waals surface area (Å²) in [6.45, 7) is 8.26. The highest BCUT2D eigenvalue weighted by Gasteiger charge is 2.32. The van der Waals surface area contributed by atoms with E-state index in [4.69, 9.17) is 4.74 Å². The molecule has 2 rings (SSSR count). The van der Waals surface area contributed by atoms with Crippen LogP contribution in [0, 0.1) is 5.41 Å². The van der Waals surface area contributed by atoms with Gasteiger partial charge in [-0.15, -0.1) is 11.3 Å². The lowest BCUT2D eigenvalue weighted by Gasteiger charge is -2.37. The molecule has 0 spiro atoms. The summed E-state index contributed by atoms with van der Waals surface area (Å²) in [5.74, 6) is 0.243. The Morgan fingerprint density at radius 3 is 2.63 bits per heavy atom. The third kappa shape index (κ3) is 3.80. The third-order valence-electron chi connectivity index (χ3n) is 3.44. The van der Waals surface area contributed by atoms with E-state index in [9.17, 15) is 4.79 Å². The van der Waals surface area contributed by atoms with E-state index < -0.39 is 0 Å². The number of amides is 1. The molecule has 0 N–H and O–H groups in total. The Bertz CT molecular complexity index is 402. The number of thiophene rings is 1. The zero-order chi connectivity index (χ0) is 13.9. The van der Waals surface area contributed by atoms with Crippen molar-refractivity contribution in [2.45, 2.75) is 46.2 Å². The summed E-state index contributed by atoms with van der Waals surface area (Å²) in [5.41, 5.74) is -0.324. The number of rotatable bonds is 3. The van der Waals surface area contributed by atoms with E-state index in [1.165, 1.54) is 4.88 Å². The lowest BCUT2D eigenvalue weighted by molar-refractivity contribution is -0.144. The van der Waals surface area contributed by atoms with Crippen LogP contribution in [0.15, 0.2) is 17.5 Å². The maximum absolute atomic E-state index is 12.7. The van der Waals surface area contributed by atoms with Gasteiger partial charge in [-0.3, -0.25) is 4.79 Å². The Hall–Kier alpha value is -0.870. The minimum absolute atomic E-state index is 0.243. The number of ether oxygens (including phenoxy) is 1. The van der Waals surface area contributed by atoms with E-state index in [1.54, 1.807) is 11.3 Å². The molecule has 0 aliphatic carbocycles. The highest BCUT2D eigenvalue weighted by Crippen LogP contribution is 2.26. The van der Waals surface area contributed by atoms with Crippen LogP contribution in [0.5, 0.6) is 0 Å². The molecule has 0 bridgehead atoms. The van der Waals surface area contributed by atoms with Gasteiger partial charge in [-0.25, -0.2) is 0 Å². The van der Waals surface area contributed by atoms with Crippen LogP contribution in [-0.4, -0.2) is 30.1 Å². The number of nitrogens with zero attached hydrogens (tertiary/aromatic N) is 1. The van der Waals surface area contributed by atoms with Gasteiger partial charge in [0, 0.05) is 29.5 Å². The molecule has 1 aliphatic rings. The van der Waals surface area contributed by atoms with Crippen LogP contribution >= 0.6 is 11.3 Å².